The monoisotopic (exact) mass is 402 g/mol. The van der Waals surface area contributed by atoms with E-state index in [0.717, 1.165) is 26.0 Å². The van der Waals surface area contributed by atoms with Crippen molar-refractivity contribution in [2.45, 2.75) is 37.2 Å². The zero-order valence-electron chi connectivity index (χ0n) is 15.2. The normalized spacial score (nSPS) is 21.0. The van der Waals surface area contributed by atoms with Crippen molar-refractivity contribution in [1.29, 1.82) is 0 Å². The molecule has 0 aliphatic carbocycles. The minimum Gasteiger partial charge on any atom is -0.373 e. The lowest BCUT2D eigenvalue weighted by molar-refractivity contribution is 0.0283. The van der Waals surface area contributed by atoms with Crippen LogP contribution in [0.3, 0.4) is 0 Å². The average molecular weight is 403 g/mol. The molecule has 0 bridgehead atoms. The first-order chi connectivity index (χ1) is 12.3. The summed E-state index contributed by atoms with van der Waals surface area (Å²) >= 11 is 5.85. The predicted molar refractivity (Wildman–Crippen MR) is 104 cm³/mol. The number of nitrogens with one attached hydrogen (secondary N) is 3. The highest BCUT2D eigenvalue weighted by atomic mass is 35.5. The highest BCUT2D eigenvalue weighted by molar-refractivity contribution is 7.89. The van der Waals surface area contributed by atoms with Gasteiger partial charge in [-0.15, -0.1) is 0 Å². The summed E-state index contributed by atoms with van der Waals surface area (Å²) in [4.78, 5) is 4.70. The standard InChI is InChI=1S/C17H27ClN4O3S/c1-3-19-16(21-13-17(2)8-5-11-25-17)20-9-10-22-26(23,24)15-7-4-6-14(18)12-15/h4,6-7,12,22H,3,5,8-11,13H2,1-2H3,(H2,19,20,21). The Bertz CT molecular complexity index is 718. The zero-order valence-corrected chi connectivity index (χ0v) is 16.8. The summed E-state index contributed by atoms with van der Waals surface area (Å²) in [6.07, 6.45) is 2.05. The molecule has 1 atom stereocenters. The van der Waals surface area contributed by atoms with Crippen LogP contribution in [-0.2, 0) is 14.8 Å². The molecule has 1 fully saturated rings. The highest BCUT2D eigenvalue weighted by Gasteiger charge is 2.29. The van der Waals surface area contributed by atoms with E-state index >= 15 is 0 Å². The minimum atomic E-state index is -3.58. The van der Waals surface area contributed by atoms with E-state index in [-0.39, 0.29) is 17.0 Å². The summed E-state index contributed by atoms with van der Waals surface area (Å²) in [5, 5.41) is 6.66. The molecule has 1 aliphatic heterocycles. The van der Waals surface area contributed by atoms with Crippen molar-refractivity contribution in [2.75, 3.05) is 32.8 Å². The maximum absolute atomic E-state index is 12.2. The quantitative estimate of drug-likeness (QED) is 0.350. The number of benzene rings is 1. The van der Waals surface area contributed by atoms with Crippen LogP contribution in [0.15, 0.2) is 34.2 Å². The number of ether oxygens (including phenoxy) is 1. The summed E-state index contributed by atoms with van der Waals surface area (Å²) in [6.45, 7) is 6.74. The van der Waals surface area contributed by atoms with Crippen molar-refractivity contribution < 1.29 is 13.2 Å². The van der Waals surface area contributed by atoms with E-state index in [9.17, 15) is 8.42 Å². The smallest absolute Gasteiger partial charge is 0.240 e. The van der Waals surface area contributed by atoms with Crippen LogP contribution < -0.4 is 15.4 Å². The van der Waals surface area contributed by atoms with Gasteiger partial charge >= 0.3 is 0 Å². The van der Waals surface area contributed by atoms with Crippen LogP contribution in [0.2, 0.25) is 5.02 Å². The van der Waals surface area contributed by atoms with E-state index in [1.807, 2.05) is 6.92 Å². The molecule has 1 aliphatic rings. The fraction of sp³-hybridized carbons (Fsp3) is 0.588. The summed E-state index contributed by atoms with van der Waals surface area (Å²) in [5.74, 6) is 0.645. The Kier molecular flexibility index (Phi) is 7.69. The Hall–Kier alpha value is -1.35. The van der Waals surface area contributed by atoms with Gasteiger partial charge in [0.2, 0.25) is 10.0 Å². The van der Waals surface area contributed by atoms with E-state index in [2.05, 4.69) is 27.3 Å². The van der Waals surface area contributed by atoms with Crippen molar-refractivity contribution in [3.63, 3.8) is 0 Å². The molecule has 1 aromatic carbocycles. The third-order valence-electron chi connectivity index (χ3n) is 4.03. The summed E-state index contributed by atoms with van der Waals surface area (Å²) in [6, 6.07) is 6.17. The fourth-order valence-corrected chi connectivity index (χ4v) is 3.97. The van der Waals surface area contributed by atoms with Gasteiger partial charge in [0.15, 0.2) is 5.96 Å². The Morgan fingerprint density at radius 3 is 2.81 bits per heavy atom. The van der Waals surface area contributed by atoms with Crippen molar-refractivity contribution in [3.8, 4) is 0 Å². The van der Waals surface area contributed by atoms with Crippen LogP contribution >= 0.6 is 11.6 Å². The van der Waals surface area contributed by atoms with Gasteiger partial charge in [-0.2, -0.15) is 0 Å². The molecule has 1 aromatic rings. The fourth-order valence-electron chi connectivity index (χ4n) is 2.63. The number of nitrogens with zero attached hydrogens (tertiary/aromatic N) is 1. The van der Waals surface area contributed by atoms with Crippen LogP contribution in [0.4, 0.5) is 0 Å². The summed E-state index contributed by atoms with van der Waals surface area (Å²) < 4.78 is 32.8. The molecule has 1 saturated heterocycles. The number of hydrogen-bond acceptors (Lipinski definition) is 4. The van der Waals surface area contributed by atoms with Crippen LogP contribution in [0.5, 0.6) is 0 Å². The van der Waals surface area contributed by atoms with Gasteiger partial charge in [-0.1, -0.05) is 17.7 Å². The molecule has 26 heavy (non-hydrogen) atoms. The van der Waals surface area contributed by atoms with E-state index in [4.69, 9.17) is 16.3 Å². The van der Waals surface area contributed by atoms with Gasteiger partial charge in [-0.25, -0.2) is 13.1 Å². The third kappa shape index (κ3) is 6.42. The Morgan fingerprint density at radius 1 is 1.35 bits per heavy atom. The molecule has 146 valence electrons. The van der Waals surface area contributed by atoms with Crippen LogP contribution in [0.25, 0.3) is 0 Å². The lowest BCUT2D eigenvalue weighted by Crippen LogP contribution is -2.42. The topological polar surface area (TPSA) is 91.8 Å². The van der Waals surface area contributed by atoms with Crippen molar-refractivity contribution in [2.24, 2.45) is 4.99 Å². The molecule has 7 nitrogen and oxygen atoms in total. The maximum atomic E-state index is 12.2. The molecule has 0 aromatic heterocycles. The molecule has 1 unspecified atom stereocenters. The van der Waals surface area contributed by atoms with Crippen LogP contribution in [0, 0.1) is 0 Å². The van der Waals surface area contributed by atoms with Crippen molar-refractivity contribution in [3.05, 3.63) is 29.3 Å². The second-order valence-corrected chi connectivity index (χ2v) is 8.58. The molecule has 0 saturated carbocycles. The van der Waals surface area contributed by atoms with Crippen molar-refractivity contribution in [1.82, 2.24) is 15.4 Å². The van der Waals surface area contributed by atoms with Crippen molar-refractivity contribution >= 4 is 27.6 Å². The Morgan fingerprint density at radius 2 is 2.15 bits per heavy atom. The van der Waals surface area contributed by atoms with Gasteiger partial charge in [-0.05, 0) is 44.9 Å². The number of halogens is 1. The van der Waals surface area contributed by atoms with Gasteiger partial charge < -0.3 is 15.4 Å². The largest absolute Gasteiger partial charge is 0.373 e. The summed E-state index contributed by atoms with van der Waals surface area (Å²) in [7, 11) is -3.58. The first kappa shape index (κ1) is 21.0. The Balaban J connectivity index is 1.83. The number of aliphatic imine (C=N–C) groups is 1. The lowest BCUT2D eigenvalue weighted by Gasteiger charge is -2.21. The lowest BCUT2D eigenvalue weighted by atomic mass is 10.0. The zero-order chi connectivity index (χ0) is 19.0. The molecule has 0 amide bonds. The van der Waals surface area contributed by atoms with E-state index in [0.29, 0.717) is 24.1 Å². The van der Waals surface area contributed by atoms with Gasteiger partial charge in [0.25, 0.3) is 0 Å². The second kappa shape index (κ2) is 9.55. The number of sulfonamides is 1. The molecule has 0 radical (unpaired) electrons. The molecular formula is C17H27ClN4O3S. The highest BCUT2D eigenvalue weighted by Crippen LogP contribution is 2.24. The molecule has 3 N–H and O–H groups in total. The molecule has 0 spiro atoms. The first-order valence-corrected chi connectivity index (χ1v) is 10.6. The van der Waals surface area contributed by atoms with E-state index in [1.54, 1.807) is 12.1 Å². The summed E-state index contributed by atoms with van der Waals surface area (Å²) in [5.41, 5.74) is -0.212. The first-order valence-electron chi connectivity index (χ1n) is 8.76. The van der Waals surface area contributed by atoms with Gasteiger partial charge in [0, 0.05) is 31.3 Å². The number of hydrogen-bond donors (Lipinski definition) is 3. The Labute approximate surface area is 160 Å². The van der Waals surface area contributed by atoms with E-state index < -0.39 is 10.0 Å². The number of rotatable bonds is 8. The molecule has 9 heteroatoms. The predicted octanol–water partition coefficient (Wildman–Crippen LogP) is 1.74. The second-order valence-electron chi connectivity index (χ2n) is 6.38. The molecule has 2 rings (SSSR count). The van der Waals surface area contributed by atoms with Gasteiger partial charge in [0.05, 0.1) is 17.0 Å². The minimum absolute atomic E-state index is 0.150. The van der Waals surface area contributed by atoms with Gasteiger partial charge in [-0.3, -0.25) is 4.99 Å². The number of guanidine groups is 1. The molecule has 1 heterocycles. The SMILES string of the molecule is CCNC(=NCC1(C)CCCO1)NCCNS(=O)(=O)c1cccc(Cl)c1. The van der Waals surface area contributed by atoms with Gasteiger partial charge in [0.1, 0.15) is 0 Å². The molecular weight excluding hydrogens is 376 g/mol. The van der Waals surface area contributed by atoms with E-state index in [1.165, 1.54) is 12.1 Å². The van der Waals surface area contributed by atoms with Crippen LogP contribution in [0.1, 0.15) is 26.7 Å². The maximum Gasteiger partial charge on any atom is 0.240 e. The third-order valence-corrected chi connectivity index (χ3v) is 5.73. The van der Waals surface area contributed by atoms with Crippen LogP contribution in [-0.4, -0.2) is 52.8 Å². The average Bonchev–Trinajstić information content (AvgIpc) is 3.03.